The molecule has 1 nitrogen and oxygen atoms in total. The highest BCUT2D eigenvalue weighted by atomic mass is 28.3. The van der Waals surface area contributed by atoms with Crippen LogP contribution in [-0.2, 0) is 7.05 Å². The number of nitrogens with zero attached hydrogens (tertiary/aromatic N) is 1. The molecule has 1 aromatic heterocycles. The van der Waals surface area contributed by atoms with Gasteiger partial charge in [0.15, 0.2) is 6.20 Å². The average Bonchev–Trinajstić information content (AvgIpc) is 3.30. The number of aryl methyl sites for hydroxylation is 2. The molecule has 0 atom stereocenters. The van der Waals surface area contributed by atoms with E-state index >= 15 is 0 Å². The van der Waals surface area contributed by atoms with Crippen LogP contribution in [0.1, 0.15) is 70.4 Å². The highest BCUT2D eigenvalue weighted by molar-refractivity contribution is 6.92. The van der Waals surface area contributed by atoms with Crippen LogP contribution in [0.25, 0.3) is 22.0 Å². The second-order valence-electron chi connectivity index (χ2n) is 10.2. The van der Waals surface area contributed by atoms with E-state index in [4.69, 9.17) is 0 Å². The molecular formula is C29H40NSi+. The average molecular weight is 431 g/mol. The molecule has 164 valence electrons. The Bertz CT molecular complexity index is 1070. The van der Waals surface area contributed by atoms with E-state index < -0.39 is 8.07 Å². The lowest BCUT2D eigenvalue weighted by Gasteiger charge is -2.34. The summed E-state index contributed by atoms with van der Waals surface area (Å²) in [5, 5.41) is 4.42. The normalized spacial score (nSPS) is 15.3. The molecule has 0 bridgehead atoms. The molecule has 0 N–H and O–H groups in total. The minimum atomic E-state index is -1.47. The molecule has 0 amide bonds. The zero-order chi connectivity index (χ0) is 22.2. The van der Waals surface area contributed by atoms with Gasteiger partial charge in [0.05, 0.1) is 13.5 Å². The Kier molecular flexibility index (Phi) is 6.39. The molecule has 3 aromatic rings. The van der Waals surface area contributed by atoms with Crippen LogP contribution in [-0.4, -0.2) is 8.07 Å². The molecule has 1 saturated carbocycles. The lowest BCUT2D eigenvalue weighted by atomic mass is 9.91. The Morgan fingerprint density at radius 2 is 1.68 bits per heavy atom. The maximum absolute atomic E-state index is 2.54. The van der Waals surface area contributed by atoms with E-state index in [1.807, 2.05) is 0 Å². The quantitative estimate of drug-likeness (QED) is 0.283. The SMILES string of the molecule is CC[Si](CC)(c1ccc2c(-c3cc(C4CCCC4)ccc3C)[n+](C)ccc2c1)C(C)C. The van der Waals surface area contributed by atoms with Gasteiger partial charge in [-0.25, -0.2) is 4.57 Å². The summed E-state index contributed by atoms with van der Waals surface area (Å²) in [5.41, 5.74) is 6.45. The highest BCUT2D eigenvalue weighted by Crippen LogP contribution is 2.37. The van der Waals surface area contributed by atoms with Crippen molar-refractivity contribution >= 4 is 24.0 Å². The van der Waals surface area contributed by atoms with Gasteiger partial charge in [-0.1, -0.05) is 82.1 Å². The van der Waals surface area contributed by atoms with Gasteiger partial charge in [-0.15, -0.1) is 0 Å². The van der Waals surface area contributed by atoms with Crippen LogP contribution in [0.2, 0.25) is 17.6 Å². The van der Waals surface area contributed by atoms with E-state index in [-0.39, 0.29) is 0 Å². The fourth-order valence-corrected chi connectivity index (χ4v) is 10.7. The van der Waals surface area contributed by atoms with Crippen molar-refractivity contribution in [3.05, 3.63) is 59.8 Å². The van der Waals surface area contributed by atoms with Crippen molar-refractivity contribution in [1.82, 2.24) is 0 Å². The van der Waals surface area contributed by atoms with Crippen molar-refractivity contribution in [3.8, 4) is 11.3 Å². The molecule has 2 aromatic carbocycles. The summed E-state index contributed by atoms with van der Waals surface area (Å²) >= 11 is 0. The van der Waals surface area contributed by atoms with Crippen LogP contribution in [0.15, 0.2) is 48.7 Å². The number of hydrogen-bond donors (Lipinski definition) is 0. The van der Waals surface area contributed by atoms with E-state index in [1.165, 1.54) is 70.9 Å². The van der Waals surface area contributed by atoms with Crippen molar-refractivity contribution in [2.45, 2.75) is 83.8 Å². The van der Waals surface area contributed by atoms with Gasteiger partial charge >= 0.3 is 0 Å². The van der Waals surface area contributed by atoms with Gasteiger partial charge in [-0.05, 0) is 59.9 Å². The predicted octanol–water partition coefficient (Wildman–Crippen LogP) is 7.40. The molecule has 31 heavy (non-hydrogen) atoms. The minimum Gasteiger partial charge on any atom is -0.200 e. The summed E-state index contributed by atoms with van der Waals surface area (Å²) in [6, 6.07) is 19.6. The Balaban J connectivity index is 1.88. The first-order chi connectivity index (χ1) is 14.9. The first-order valence-corrected chi connectivity index (χ1v) is 14.9. The molecular weight excluding hydrogens is 390 g/mol. The first-order valence-electron chi connectivity index (χ1n) is 12.4. The van der Waals surface area contributed by atoms with Crippen LogP contribution in [0.3, 0.4) is 0 Å². The van der Waals surface area contributed by atoms with Gasteiger partial charge in [0.2, 0.25) is 5.69 Å². The van der Waals surface area contributed by atoms with Gasteiger partial charge in [0, 0.05) is 11.6 Å². The third-order valence-corrected chi connectivity index (χ3v) is 14.6. The smallest absolute Gasteiger partial charge is 0.200 e. The number of benzene rings is 2. The van der Waals surface area contributed by atoms with Crippen molar-refractivity contribution in [2.24, 2.45) is 7.05 Å². The molecule has 0 spiro atoms. The molecule has 0 unspecified atom stereocenters. The first kappa shape index (κ1) is 22.3. The van der Waals surface area contributed by atoms with Crippen molar-refractivity contribution in [2.75, 3.05) is 0 Å². The Morgan fingerprint density at radius 1 is 0.968 bits per heavy atom. The number of pyridine rings is 1. The Morgan fingerprint density at radius 3 is 2.32 bits per heavy atom. The molecule has 1 aliphatic rings. The lowest BCUT2D eigenvalue weighted by molar-refractivity contribution is -0.659. The zero-order valence-corrected chi connectivity index (χ0v) is 21.5. The van der Waals surface area contributed by atoms with Crippen molar-refractivity contribution < 1.29 is 4.57 Å². The topological polar surface area (TPSA) is 3.88 Å². The standard InChI is InChI=1S/C29H40NSi/c1-7-31(8-2,21(3)4)26-15-16-27-25(19-26)17-18-30(6)29(27)28-20-24(14-13-22(28)5)23-11-9-10-12-23/h13-21,23H,7-12H2,1-6H3/q+1. The fourth-order valence-electron chi connectivity index (χ4n) is 6.23. The summed E-state index contributed by atoms with van der Waals surface area (Å²) < 4.78 is 2.33. The molecule has 0 saturated heterocycles. The lowest BCUT2D eigenvalue weighted by Crippen LogP contribution is -2.49. The number of aromatic nitrogens is 1. The largest absolute Gasteiger partial charge is 0.220 e. The fraction of sp³-hybridized carbons (Fsp3) is 0.483. The monoisotopic (exact) mass is 430 g/mol. The molecule has 1 aliphatic carbocycles. The van der Waals surface area contributed by atoms with Crippen molar-refractivity contribution in [1.29, 1.82) is 0 Å². The Labute approximate surface area is 190 Å². The van der Waals surface area contributed by atoms with Crippen LogP contribution in [0.4, 0.5) is 0 Å². The van der Waals surface area contributed by atoms with Crippen molar-refractivity contribution in [3.63, 3.8) is 0 Å². The zero-order valence-electron chi connectivity index (χ0n) is 20.5. The summed E-state index contributed by atoms with van der Waals surface area (Å²) in [7, 11) is 0.735. The minimum absolute atomic E-state index is 0.748. The number of fused-ring (bicyclic) bond motifs is 1. The van der Waals surface area contributed by atoms with Crippen LogP contribution in [0.5, 0.6) is 0 Å². The van der Waals surface area contributed by atoms with E-state index in [9.17, 15) is 0 Å². The highest BCUT2D eigenvalue weighted by Gasteiger charge is 2.35. The Hall–Kier alpha value is -1.93. The number of hydrogen-bond acceptors (Lipinski definition) is 0. The van der Waals surface area contributed by atoms with E-state index in [0.29, 0.717) is 0 Å². The molecule has 0 radical (unpaired) electrons. The molecule has 1 fully saturated rings. The van der Waals surface area contributed by atoms with Crippen LogP contribution >= 0.6 is 0 Å². The van der Waals surface area contributed by atoms with Gasteiger partial charge in [0.25, 0.3) is 0 Å². The second kappa shape index (κ2) is 8.90. The summed E-state index contributed by atoms with van der Waals surface area (Å²) in [4.78, 5) is 0. The van der Waals surface area contributed by atoms with E-state index in [2.05, 4.69) is 94.9 Å². The van der Waals surface area contributed by atoms with Crippen LogP contribution in [0, 0.1) is 6.92 Å². The van der Waals surface area contributed by atoms with Gasteiger partial charge in [0.1, 0.15) is 7.05 Å². The summed E-state index contributed by atoms with van der Waals surface area (Å²) in [6.45, 7) is 12.0. The predicted molar refractivity (Wildman–Crippen MR) is 138 cm³/mol. The van der Waals surface area contributed by atoms with Gasteiger partial charge < -0.3 is 0 Å². The third-order valence-electron chi connectivity index (χ3n) is 8.42. The summed E-state index contributed by atoms with van der Waals surface area (Å²) in [6.07, 6.45) is 7.73. The molecule has 2 heteroatoms. The van der Waals surface area contributed by atoms with E-state index in [0.717, 1.165) is 11.5 Å². The van der Waals surface area contributed by atoms with Gasteiger partial charge in [-0.2, -0.15) is 0 Å². The third kappa shape index (κ3) is 3.88. The number of rotatable bonds is 6. The maximum atomic E-state index is 2.54. The van der Waals surface area contributed by atoms with Crippen LogP contribution < -0.4 is 9.75 Å². The molecule has 4 rings (SSSR count). The maximum Gasteiger partial charge on any atom is 0.220 e. The molecule has 0 aliphatic heterocycles. The van der Waals surface area contributed by atoms with Gasteiger partial charge in [-0.3, -0.25) is 0 Å². The molecule has 1 heterocycles. The second-order valence-corrected chi connectivity index (χ2v) is 15.6. The summed E-state index contributed by atoms with van der Waals surface area (Å²) in [5.74, 6) is 0.748. The van der Waals surface area contributed by atoms with E-state index in [1.54, 1.807) is 5.19 Å².